The van der Waals surface area contributed by atoms with Crippen LogP contribution in [0.2, 0.25) is 0 Å². The Morgan fingerprint density at radius 1 is 1.50 bits per heavy atom. The van der Waals surface area contributed by atoms with Gasteiger partial charge < -0.3 is 34.8 Å². The Kier molecular flexibility index (Phi) is 19.4. The number of carboxylic acid groups (broad SMARTS) is 1. The molecule has 1 unspecified atom stereocenters. The number of phosphoric acid groups is 1. The molecule has 0 aliphatic heterocycles. The summed E-state index contributed by atoms with van der Waals surface area (Å²) < 4.78 is 13.4. The number of aliphatic hydroxyl groups is 1. The summed E-state index contributed by atoms with van der Waals surface area (Å²) in [6.07, 6.45) is -2.05. The average molecular weight is 248 g/mol. The van der Waals surface area contributed by atoms with Gasteiger partial charge in [-0.3, -0.25) is 4.57 Å². The molecule has 0 heterocycles. The van der Waals surface area contributed by atoms with E-state index in [4.69, 9.17) is 10.00 Å². The Hall–Kier alpha value is 1.50. The van der Waals surface area contributed by atoms with E-state index < -0.39 is 26.5 Å². The Bertz CT molecular complexity index is 191. The first-order valence-corrected chi connectivity index (χ1v) is 3.90. The van der Waals surface area contributed by atoms with Crippen molar-refractivity contribution in [1.82, 2.24) is 0 Å². The van der Waals surface area contributed by atoms with Gasteiger partial charge in [-0.15, -0.1) is 0 Å². The molecule has 0 bridgehead atoms. The van der Waals surface area contributed by atoms with E-state index in [1.165, 1.54) is 0 Å². The number of carbonyl (C=O) groups excluding carboxylic acids is 1. The molecule has 0 aliphatic carbocycles. The van der Waals surface area contributed by atoms with Gasteiger partial charge in [0.15, 0.2) is 0 Å². The maximum atomic E-state index is 9.86. The fraction of sp³-hybridized carbons (Fsp3) is 0.667. The number of carboxylic acids is 1. The summed E-state index contributed by atoms with van der Waals surface area (Å²) in [6.45, 7) is -1.09. The SMILES string of the molecule is O.O=C([O-])[C@H](CO)OP(=O)([O-])O.[Na+].[Na+]. The number of hydrogen-bond donors (Lipinski definition) is 2. The van der Waals surface area contributed by atoms with Gasteiger partial charge in [-0.25, -0.2) is 0 Å². The third-order valence-corrected chi connectivity index (χ3v) is 1.21. The zero-order valence-electron chi connectivity index (χ0n) is 7.67. The minimum atomic E-state index is -5.12. The van der Waals surface area contributed by atoms with Crippen LogP contribution in [-0.4, -0.2) is 34.2 Å². The third-order valence-electron chi connectivity index (χ3n) is 0.689. The van der Waals surface area contributed by atoms with Gasteiger partial charge in [0.05, 0.1) is 12.6 Å². The molecule has 11 heteroatoms. The molecule has 0 fully saturated rings. The second-order valence-corrected chi connectivity index (χ2v) is 2.71. The molecule has 0 saturated heterocycles. The van der Waals surface area contributed by atoms with Gasteiger partial charge in [0.25, 0.3) is 7.82 Å². The van der Waals surface area contributed by atoms with Crippen molar-refractivity contribution in [2.75, 3.05) is 6.61 Å². The molecule has 0 spiro atoms. The number of carbonyl (C=O) groups is 1. The Balaban J connectivity index is -0.000000167. The van der Waals surface area contributed by atoms with Crippen LogP contribution in [0.15, 0.2) is 0 Å². The first kappa shape index (κ1) is 24.6. The predicted octanol–water partition coefficient (Wildman–Crippen LogP) is -10.2. The van der Waals surface area contributed by atoms with Crippen LogP contribution in [0, 0.1) is 0 Å². The van der Waals surface area contributed by atoms with Gasteiger partial charge in [-0.05, 0) is 0 Å². The minimum absolute atomic E-state index is 0. The summed E-state index contributed by atoms with van der Waals surface area (Å²) in [5.74, 6) is -1.92. The van der Waals surface area contributed by atoms with Crippen molar-refractivity contribution in [3.05, 3.63) is 0 Å². The molecule has 0 radical (unpaired) electrons. The summed E-state index contributed by atoms with van der Waals surface area (Å²) in [5, 5.41) is 18.0. The quantitative estimate of drug-likeness (QED) is 0.368. The summed E-state index contributed by atoms with van der Waals surface area (Å²) in [7, 11) is -5.12. The van der Waals surface area contributed by atoms with E-state index in [0.717, 1.165) is 0 Å². The monoisotopic (exact) mass is 248 g/mol. The second kappa shape index (κ2) is 11.0. The molecule has 2 atom stereocenters. The van der Waals surface area contributed by atoms with Crippen molar-refractivity contribution in [3.8, 4) is 0 Å². The second-order valence-electron chi connectivity index (χ2n) is 1.56. The van der Waals surface area contributed by atoms with Crippen LogP contribution in [-0.2, 0) is 13.9 Å². The molecular weight excluding hydrogens is 241 g/mol. The van der Waals surface area contributed by atoms with Crippen molar-refractivity contribution in [1.29, 1.82) is 0 Å². The van der Waals surface area contributed by atoms with E-state index >= 15 is 0 Å². The van der Waals surface area contributed by atoms with Crippen LogP contribution in [0.5, 0.6) is 0 Å². The van der Waals surface area contributed by atoms with Gasteiger partial charge in [0.1, 0.15) is 6.10 Å². The molecule has 0 saturated carbocycles. The van der Waals surface area contributed by atoms with Crippen molar-refractivity contribution in [3.63, 3.8) is 0 Å². The van der Waals surface area contributed by atoms with E-state index in [-0.39, 0.29) is 64.6 Å². The van der Waals surface area contributed by atoms with Crippen LogP contribution in [0.1, 0.15) is 0 Å². The summed E-state index contributed by atoms with van der Waals surface area (Å²) >= 11 is 0. The third kappa shape index (κ3) is 13.5. The van der Waals surface area contributed by atoms with E-state index in [9.17, 15) is 19.4 Å². The number of aliphatic hydroxyl groups excluding tert-OH is 1. The molecule has 0 amide bonds. The van der Waals surface area contributed by atoms with Crippen LogP contribution in [0.4, 0.5) is 0 Å². The molecular formula is C3H7Na2O8P. The molecule has 0 aromatic rings. The molecule has 0 aromatic heterocycles. The number of rotatable bonds is 4. The van der Waals surface area contributed by atoms with Gasteiger partial charge in [0, 0.05) is 0 Å². The van der Waals surface area contributed by atoms with Crippen molar-refractivity contribution < 1.29 is 98.5 Å². The Morgan fingerprint density at radius 2 is 1.86 bits per heavy atom. The summed E-state index contributed by atoms with van der Waals surface area (Å²) in [6, 6.07) is 0. The molecule has 8 nitrogen and oxygen atoms in total. The zero-order chi connectivity index (χ0) is 9.07. The zero-order valence-corrected chi connectivity index (χ0v) is 12.6. The van der Waals surface area contributed by atoms with Crippen LogP contribution in [0.25, 0.3) is 0 Å². The van der Waals surface area contributed by atoms with Crippen molar-refractivity contribution >= 4 is 13.8 Å². The number of phosphoric ester groups is 1. The Morgan fingerprint density at radius 3 is 1.93 bits per heavy atom. The van der Waals surface area contributed by atoms with Crippen molar-refractivity contribution in [2.45, 2.75) is 6.10 Å². The number of aliphatic carboxylic acids is 1. The fourth-order valence-corrected chi connectivity index (χ4v) is 0.786. The smallest absolute Gasteiger partial charge is 0.756 e. The molecule has 14 heavy (non-hydrogen) atoms. The van der Waals surface area contributed by atoms with E-state index in [0.29, 0.717) is 0 Å². The van der Waals surface area contributed by atoms with Gasteiger partial charge in [0.2, 0.25) is 0 Å². The fourth-order valence-electron chi connectivity index (χ4n) is 0.312. The Labute approximate surface area is 124 Å². The summed E-state index contributed by atoms with van der Waals surface area (Å²) in [5.41, 5.74) is 0. The maximum Gasteiger partial charge on any atom is 1.00 e. The topological polar surface area (TPSA) is 161 Å². The first-order chi connectivity index (χ1) is 4.87. The predicted molar refractivity (Wildman–Crippen MR) is 30.4 cm³/mol. The maximum absolute atomic E-state index is 9.86. The van der Waals surface area contributed by atoms with Crippen LogP contribution < -0.4 is 69.1 Å². The average Bonchev–Trinajstić information content (AvgIpc) is 1.80. The van der Waals surface area contributed by atoms with Crippen molar-refractivity contribution in [2.24, 2.45) is 0 Å². The molecule has 0 rings (SSSR count). The van der Waals surface area contributed by atoms with Crippen LogP contribution in [0.3, 0.4) is 0 Å². The van der Waals surface area contributed by atoms with E-state index in [1.54, 1.807) is 0 Å². The van der Waals surface area contributed by atoms with Crippen LogP contribution >= 0.6 is 7.82 Å². The standard InChI is InChI=1S/C3H7O7P.2Na.H2O/c4-1-2(3(5)6)10-11(7,8)9;;;/h2,4H,1H2,(H,5,6)(H2,7,8,9);;;1H2/q;2*+1;/p-2/t2-;;;/m0.../s1. The number of hydrogen-bond acceptors (Lipinski definition) is 6. The van der Waals surface area contributed by atoms with Gasteiger partial charge in [-0.2, -0.15) is 0 Å². The normalized spacial score (nSPS) is 14.8. The largest absolute Gasteiger partial charge is 1.00 e. The summed E-state index contributed by atoms with van der Waals surface area (Å²) in [4.78, 5) is 27.6. The molecule has 0 aromatic carbocycles. The molecule has 0 aliphatic rings. The molecule has 74 valence electrons. The van der Waals surface area contributed by atoms with E-state index in [2.05, 4.69) is 4.52 Å². The first-order valence-electron chi connectivity index (χ1n) is 2.40. The van der Waals surface area contributed by atoms with E-state index in [1.807, 2.05) is 0 Å². The van der Waals surface area contributed by atoms with Gasteiger partial charge >= 0.3 is 59.1 Å². The minimum Gasteiger partial charge on any atom is -0.756 e. The van der Waals surface area contributed by atoms with Gasteiger partial charge in [-0.1, -0.05) is 0 Å². The molecule has 4 N–H and O–H groups in total.